The molecule has 0 aliphatic heterocycles. The van der Waals surface area contributed by atoms with E-state index in [1.807, 2.05) is 13.8 Å². The van der Waals surface area contributed by atoms with Crippen molar-refractivity contribution in [1.82, 2.24) is 0 Å². The molecule has 0 bridgehead atoms. The zero-order valence-corrected chi connectivity index (χ0v) is 20.6. The van der Waals surface area contributed by atoms with Crippen molar-refractivity contribution in [2.75, 3.05) is 0 Å². The number of carboxylic acid groups (broad SMARTS) is 1. The molecule has 1 N–H and O–H groups in total. The van der Waals surface area contributed by atoms with Crippen molar-refractivity contribution in [3.8, 4) is 0 Å². The van der Waals surface area contributed by atoms with E-state index in [-0.39, 0.29) is 29.6 Å². The van der Waals surface area contributed by atoms with Crippen LogP contribution in [-0.4, -0.2) is 41.4 Å². The van der Waals surface area contributed by atoms with Gasteiger partial charge in [0.05, 0.1) is 6.42 Å². The summed E-state index contributed by atoms with van der Waals surface area (Å²) in [5.41, 5.74) is 0. The van der Waals surface area contributed by atoms with Crippen molar-refractivity contribution >= 4 is 22.1 Å². The molecular weight excluding hydrogens is 395 g/mol. The number of unbranched alkanes of at least 4 members (excludes halogenated alkanes) is 6. The van der Waals surface area contributed by atoms with Crippen LogP contribution in [-0.2, 0) is 24.4 Å². The van der Waals surface area contributed by atoms with E-state index in [0.29, 0.717) is 18.8 Å². The molecule has 0 aromatic rings. The molecular formula is C19H35NaO7S. The number of hydrogen-bond acceptors (Lipinski definition) is 6. The molecule has 28 heavy (non-hydrogen) atoms. The van der Waals surface area contributed by atoms with E-state index in [1.165, 1.54) is 25.7 Å². The number of carbonyl (C=O) groups excluding carboxylic acids is 1. The first-order valence-corrected chi connectivity index (χ1v) is 11.4. The molecule has 0 aromatic heterocycles. The van der Waals surface area contributed by atoms with Crippen molar-refractivity contribution in [1.29, 1.82) is 0 Å². The number of carbonyl (C=O) groups is 2. The molecule has 9 heteroatoms. The van der Waals surface area contributed by atoms with Crippen LogP contribution in [0.4, 0.5) is 0 Å². The summed E-state index contributed by atoms with van der Waals surface area (Å²) < 4.78 is 38.9. The van der Waals surface area contributed by atoms with Crippen molar-refractivity contribution in [3.63, 3.8) is 0 Å². The van der Waals surface area contributed by atoms with Crippen molar-refractivity contribution in [2.24, 2.45) is 5.92 Å². The molecule has 2 unspecified atom stereocenters. The fraction of sp³-hybridized carbons (Fsp3) is 0.895. The fourth-order valence-corrected chi connectivity index (χ4v) is 3.45. The van der Waals surface area contributed by atoms with E-state index in [9.17, 15) is 22.6 Å². The van der Waals surface area contributed by atoms with Crippen LogP contribution in [0.1, 0.15) is 91.4 Å². The topological polar surface area (TPSA) is 121 Å². The molecule has 7 nitrogen and oxygen atoms in total. The summed E-state index contributed by atoms with van der Waals surface area (Å²) in [6.45, 7) is 6.22. The molecule has 0 spiro atoms. The molecule has 0 aliphatic rings. The van der Waals surface area contributed by atoms with Crippen LogP contribution in [0.5, 0.6) is 0 Å². The Kier molecular flexibility index (Phi) is 17.8. The standard InChI is InChI=1S/C19H36O7S.Na/c1-4-5-6-7-8-9-10-11-16(13-12-15(2)3)26-19(22)17(14-18(20)21)27(23,24)25;/h15-17H,4-14H2,1-3H3,(H,20,21)(H,23,24,25);/q;+1/p-1. The SMILES string of the molecule is CCCCCCCCCC(CCC(C)C)OC(=O)C(CC(=O)O)S(=O)(=O)[O-].[Na+]. The molecule has 0 fully saturated rings. The molecule has 0 radical (unpaired) electrons. The van der Waals surface area contributed by atoms with Gasteiger partial charge in [0, 0.05) is 0 Å². The second-order valence-corrected chi connectivity index (χ2v) is 9.07. The van der Waals surface area contributed by atoms with Crippen LogP contribution in [0.25, 0.3) is 0 Å². The third-order valence-electron chi connectivity index (χ3n) is 4.45. The first kappa shape index (κ1) is 30.0. The number of hydrogen-bond donors (Lipinski definition) is 1. The molecule has 160 valence electrons. The van der Waals surface area contributed by atoms with E-state index in [2.05, 4.69) is 6.92 Å². The minimum atomic E-state index is -5.08. The minimum absolute atomic E-state index is 0. The molecule has 0 saturated heterocycles. The van der Waals surface area contributed by atoms with E-state index in [0.717, 1.165) is 25.7 Å². The molecule has 0 aromatic carbocycles. The normalized spacial score (nSPS) is 13.6. The quantitative estimate of drug-likeness (QED) is 0.167. The van der Waals surface area contributed by atoms with Crippen molar-refractivity contribution in [2.45, 2.75) is 103 Å². The maximum atomic E-state index is 12.1. The molecule has 0 aliphatic carbocycles. The number of esters is 1. The Morgan fingerprint density at radius 2 is 1.50 bits per heavy atom. The Balaban J connectivity index is 0. The van der Waals surface area contributed by atoms with Gasteiger partial charge < -0.3 is 14.4 Å². The van der Waals surface area contributed by atoms with Crippen LogP contribution < -0.4 is 29.6 Å². The van der Waals surface area contributed by atoms with Gasteiger partial charge in [-0.05, 0) is 31.6 Å². The predicted octanol–water partition coefficient (Wildman–Crippen LogP) is 0.868. The van der Waals surface area contributed by atoms with Crippen LogP contribution in [0.3, 0.4) is 0 Å². The molecule has 2 atom stereocenters. The van der Waals surface area contributed by atoms with E-state index >= 15 is 0 Å². The van der Waals surface area contributed by atoms with Crippen LogP contribution >= 0.6 is 0 Å². The molecule has 0 heterocycles. The number of ether oxygens (including phenoxy) is 1. The summed E-state index contributed by atoms with van der Waals surface area (Å²) in [5, 5.41) is 6.57. The zero-order chi connectivity index (χ0) is 20.9. The first-order chi connectivity index (χ1) is 12.6. The maximum Gasteiger partial charge on any atom is 1.00 e. The van der Waals surface area contributed by atoms with E-state index < -0.39 is 39.8 Å². The van der Waals surface area contributed by atoms with Gasteiger partial charge in [0.15, 0.2) is 5.25 Å². The Labute approximate surface area is 192 Å². The van der Waals surface area contributed by atoms with Gasteiger partial charge in [-0.3, -0.25) is 9.59 Å². The van der Waals surface area contributed by atoms with Gasteiger partial charge >= 0.3 is 41.5 Å². The van der Waals surface area contributed by atoms with E-state index in [1.54, 1.807) is 0 Å². The summed E-state index contributed by atoms with van der Waals surface area (Å²) >= 11 is 0. The monoisotopic (exact) mass is 430 g/mol. The first-order valence-electron chi connectivity index (χ1n) is 9.94. The number of rotatable bonds is 16. The summed E-state index contributed by atoms with van der Waals surface area (Å²) in [6.07, 6.45) is 8.11. The van der Waals surface area contributed by atoms with Crippen molar-refractivity contribution in [3.05, 3.63) is 0 Å². The maximum absolute atomic E-state index is 12.1. The van der Waals surface area contributed by atoms with Crippen LogP contribution in [0.15, 0.2) is 0 Å². The van der Waals surface area contributed by atoms with E-state index in [4.69, 9.17) is 9.84 Å². The molecule has 0 rings (SSSR count). The summed E-state index contributed by atoms with van der Waals surface area (Å²) in [5.74, 6) is -2.38. The summed E-state index contributed by atoms with van der Waals surface area (Å²) in [6, 6.07) is 0. The zero-order valence-electron chi connectivity index (χ0n) is 17.8. The number of carboxylic acids is 1. The van der Waals surface area contributed by atoms with Gasteiger partial charge in [-0.25, -0.2) is 8.42 Å². The Hall–Kier alpha value is -0.150. The molecule has 0 amide bonds. The Morgan fingerprint density at radius 3 is 1.96 bits per heavy atom. The third kappa shape index (κ3) is 15.7. The summed E-state index contributed by atoms with van der Waals surface area (Å²) in [4.78, 5) is 22.9. The predicted molar refractivity (Wildman–Crippen MR) is 102 cm³/mol. The average molecular weight is 431 g/mol. The van der Waals surface area contributed by atoms with Gasteiger partial charge in [0.1, 0.15) is 16.2 Å². The molecule has 0 saturated carbocycles. The summed E-state index contributed by atoms with van der Waals surface area (Å²) in [7, 11) is -5.08. The Bertz CT molecular complexity index is 534. The van der Waals surface area contributed by atoms with Crippen molar-refractivity contribution < 1.29 is 62.0 Å². The second-order valence-electron chi connectivity index (χ2n) is 7.52. The number of aliphatic carboxylic acids is 1. The second kappa shape index (κ2) is 16.6. The minimum Gasteiger partial charge on any atom is -0.747 e. The largest absolute Gasteiger partial charge is 1.00 e. The van der Waals surface area contributed by atoms with Gasteiger partial charge in [-0.1, -0.05) is 59.3 Å². The average Bonchev–Trinajstić information content (AvgIpc) is 2.55. The van der Waals surface area contributed by atoms with Gasteiger partial charge in [-0.2, -0.15) is 0 Å². The smallest absolute Gasteiger partial charge is 0.747 e. The van der Waals surface area contributed by atoms with Crippen LogP contribution in [0.2, 0.25) is 0 Å². The fourth-order valence-electron chi connectivity index (χ4n) is 2.81. The van der Waals surface area contributed by atoms with Gasteiger partial charge in [0.25, 0.3) is 0 Å². The van der Waals surface area contributed by atoms with Gasteiger partial charge in [0.2, 0.25) is 0 Å². The van der Waals surface area contributed by atoms with Gasteiger partial charge in [-0.15, -0.1) is 0 Å². The van der Waals surface area contributed by atoms with Crippen LogP contribution in [0, 0.1) is 5.92 Å². The Morgan fingerprint density at radius 1 is 0.964 bits per heavy atom. The third-order valence-corrected chi connectivity index (χ3v) is 5.51.